The molecule has 2 aliphatic heterocycles. The smallest absolute Gasteiger partial charge is 0.317 e. The van der Waals surface area contributed by atoms with E-state index in [1.807, 2.05) is 29.2 Å². The first kappa shape index (κ1) is 16.1. The van der Waals surface area contributed by atoms with Crippen LogP contribution in [0.15, 0.2) is 28.8 Å². The summed E-state index contributed by atoms with van der Waals surface area (Å²) < 4.78 is 5.44. The molecule has 3 heterocycles. The Morgan fingerprint density at radius 3 is 2.88 bits per heavy atom. The van der Waals surface area contributed by atoms with Gasteiger partial charge in [-0.3, -0.25) is 4.90 Å². The molecule has 0 aliphatic carbocycles. The molecular weight excluding hydrogens is 318 g/mol. The van der Waals surface area contributed by atoms with E-state index in [1.165, 1.54) is 5.56 Å². The molecule has 1 N–H and O–H groups in total. The highest BCUT2D eigenvalue weighted by atomic mass is 16.5. The summed E-state index contributed by atoms with van der Waals surface area (Å²) >= 11 is 0. The van der Waals surface area contributed by atoms with Crippen LogP contribution in [-0.4, -0.2) is 58.2 Å². The third-order valence-electron chi connectivity index (χ3n) is 4.95. The summed E-state index contributed by atoms with van der Waals surface area (Å²) in [6, 6.07) is 8.44. The maximum absolute atomic E-state index is 11.9. The number of aromatic nitrogens is 2. The summed E-state index contributed by atoms with van der Waals surface area (Å²) in [6.07, 6.45) is 2.13. The summed E-state index contributed by atoms with van der Waals surface area (Å²) in [5.74, 6) is 1.25. The van der Waals surface area contributed by atoms with Crippen LogP contribution in [0, 0.1) is 6.92 Å². The number of piperidine rings is 1. The van der Waals surface area contributed by atoms with Gasteiger partial charge in [0.15, 0.2) is 0 Å². The van der Waals surface area contributed by atoms with Gasteiger partial charge in [-0.05, 0) is 26.3 Å². The van der Waals surface area contributed by atoms with Gasteiger partial charge in [0.05, 0.1) is 6.54 Å². The van der Waals surface area contributed by atoms with E-state index in [9.17, 15) is 4.79 Å². The number of hydrogen-bond acceptors (Lipinski definition) is 5. The maximum Gasteiger partial charge on any atom is 0.317 e. The van der Waals surface area contributed by atoms with Crippen molar-refractivity contribution in [3.05, 3.63) is 35.7 Å². The topological polar surface area (TPSA) is 74.5 Å². The van der Waals surface area contributed by atoms with Crippen LogP contribution in [0.1, 0.15) is 24.3 Å². The van der Waals surface area contributed by atoms with Gasteiger partial charge in [0.25, 0.3) is 0 Å². The fourth-order valence-electron chi connectivity index (χ4n) is 3.59. The molecule has 7 nitrogen and oxygen atoms in total. The second-order valence-electron chi connectivity index (χ2n) is 6.83. The first-order chi connectivity index (χ1) is 12.2. The molecule has 7 heteroatoms. The Balaban J connectivity index is 1.40. The number of nitrogens with zero attached hydrogens (tertiary/aromatic N) is 4. The molecule has 1 aromatic carbocycles. The van der Waals surface area contributed by atoms with Gasteiger partial charge in [-0.1, -0.05) is 35.0 Å². The number of likely N-dealkylation sites (tertiary alicyclic amines) is 1. The number of carbonyl (C=O) groups is 1. The summed E-state index contributed by atoms with van der Waals surface area (Å²) in [7, 11) is 0. The van der Waals surface area contributed by atoms with Crippen molar-refractivity contribution in [1.82, 2.24) is 25.3 Å². The van der Waals surface area contributed by atoms with Crippen LogP contribution < -0.4 is 5.32 Å². The number of carbonyl (C=O) groups excluding carboxylic acids is 1. The first-order valence-corrected chi connectivity index (χ1v) is 8.85. The van der Waals surface area contributed by atoms with Crippen LogP contribution in [0.5, 0.6) is 0 Å². The van der Waals surface area contributed by atoms with Crippen LogP contribution in [0.3, 0.4) is 0 Å². The minimum Gasteiger partial charge on any atom is -0.338 e. The zero-order valence-electron chi connectivity index (χ0n) is 14.4. The average molecular weight is 341 g/mol. The van der Waals surface area contributed by atoms with Crippen molar-refractivity contribution in [2.45, 2.75) is 32.4 Å². The molecule has 2 amide bonds. The van der Waals surface area contributed by atoms with E-state index in [-0.39, 0.29) is 12.1 Å². The van der Waals surface area contributed by atoms with Crippen LogP contribution in [0.25, 0.3) is 11.4 Å². The van der Waals surface area contributed by atoms with Gasteiger partial charge in [-0.2, -0.15) is 4.98 Å². The Hall–Kier alpha value is -2.41. The molecule has 0 spiro atoms. The Morgan fingerprint density at radius 1 is 1.28 bits per heavy atom. The number of hydrogen-bond donors (Lipinski definition) is 1. The van der Waals surface area contributed by atoms with Gasteiger partial charge in [0.2, 0.25) is 11.7 Å². The molecule has 1 aromatic heterocycles. The highest BCUT2D eigenvalue weighted by molar-refractivity contribution is 5.76. The van der Waals surface area contributed by atoms with E-state index < -0.39 is 0 Å². The van der Waals surface area contributed by atoms with Crippen LogP contribution in [0.4, 0.5) is 4.79 Å². The average Bonchev–Trinajstić information content (AvgIpc) is 3.25. The molecule has 4 rings (SSSR count). The number of rotatable bonds is 4. The SMILES string of the molecule is Cc1ccc(-c2noc(CN3CCC[C@H](N4CCNC4=O)C3)n2)cc1. The number of amides is 2. The van der Waals surface area contributed by atoms with Crippen molar-refractivity contribution in [1.29, 1.82) is 0 Å². The van der Waals surface area contributed by atoms with E-state index in [4.69, 9.17) is 4.52 Å². The number of aryl methyl sites for hydroxylation is 1. The second kappa shape index (κ2) is 6.84. The van der Waals surface area contributed by atoms with Gasteiger partial charge >= 0.3 is 6.03 Å². The predicted octanol–water partition coefficient (Wildman–Crippen LogP) is 2.03. The van der Waals surface area contributed by atoms with Crippen molar-refractivity contribution in [3.8, 4) is 11.4 Å². The monoisotopic (exact) mass is 341 g/mol. The molecule has 0 bridgehead atoms. The zero-order valence-corrected chi connectivity index (χ0v) is 14.4. The quantitative estimate of drug-likeness (QED) is 0.921. The van der Waals surface area contributed by atoms with Gasteiger partial charge in [0.1, 0.15) is 0 Å². The molecule has 0 unspecified atom stereocenters. The van der Waals surface area contributed by atoms with Crippen molar-refractivity contribution >= 4 is 6.03 Å². The fourth-order valence-corrected chi connectivity index (χ4v) is 3.59. The van der Waals surface area contributed by atoms with Crippen molar-refractivity contribution in [2.75, 3.05) is 26.2 Å². The van der Waals surface area contributed by atoms with Crippen LogP contribution in [0.2, 0.25) is 0 Å². The van der Waals surface area contributed by atoms with E-state index in [0.717, 1.165) is 44.6 Å². The third kappa shape index (κ3) is 3.51. The highest BCUT2D eigenvalue weighted by Gasteiger charge is 2.31. The molecule has 0 radical (unpaired) electrons. The second-order valence-corrected chi connectivity index (χ2v) is 6.83. The lowest BCUT2D eigenvalue weighted by Crippen LogP contribution is -2.48. The molecule has 2 aromatic rings. The molecular formula is C18H23N5O2. The number of benzene rings is 1. The largest absolute Gasteiger partial charge is 0.338 e. The van der Waals surface area contributed by atoms with Crippen molar-refractivity contribution in [3.63, 3.8) is 0 Å². The van der Waals surface area contributed by atoms with Crippen LogP contribution >= 0.6 is 0 Å². The van der Waals surface area contributed by atoms with Gasteiger partial charge in [0, 0.05) is 31.2 Å². The summed E-state index contributed by atoms with van der Waals surface area (Å²) in [4.78, 5) is 20.7. The molecule has 2 saturated heterocycles. The first-order valence-electron chi connectivity index (χ1n) is 8.85. The molecule has 25 heavy (non-hydrogen) atoms. The number of urea groups is 1. The summed E-state index contributed by atoms with van der Waals surface area (Å²) in [5.41, 5.74) is 2.17. The van der Waals surface area contributed by atoms with Gasteiger partial charge in [-0.25, -0.2) is 4.79 Å². The Bertz CT molecular complexity index is 742. The van der Waals surface area contributed by atoms with Crippen molar-refractivity contribution < 1.29 is 9.32 Å². The van der Waals surface area contributed by atoms with E-state index in [2.05, 4.69) is 27.3 Å². The molecule has 2 aliphatic rings. The highest BCUT2D eigenvalue weighted by Crippen LogP contribution is 2.21. The Labute approximate surface area is 147 Å². The molecule has 1 atom stereocenters. The van der Waals surface area contributed by atoms with E-state index >= 15 is 0 Å². The lowest BCUT2D eigenvalue weighted by Gasteiger charge is -2.36. The summed E-state index contributed by atoms with van der Waals surface area (Å²) in [6.45, 7) is 6.09. The fraction of sp³-hybridized carbons (Fsp3) is 0.500. The molecule has 0 saturated carbocycles. The third-order valence-corrected chi connectivity index (χ3v) is 4.95. The maximum atomic E-state index is 11.9. The van der Waals surface area contributed by atoms with E-state index in [0.29, 0.717) is 18.3 Å². The predicted molar refractivity (Wildman–Crippen MR) is 92.9 cm³/mol. The summed E-state index contributed by atoms with van der Waals surface area (Å²) in [5, 5.41) is 6.99. The normalized spacial score (nSPS) is 21.6. The zero-order chi connectivity index (χ0) is 17.2. The van der Waals surface area contributed by atoms with Crippen LogP contribution in [-0.2, 0) is 6.54 Å². The lowest BCUT2D eigenvalue weighted by molar-refractivity contribution is 0.113. The minimum atomic E-state index is 0.0614. The standard InChI is InChI=1S/C18H23N5O2/c1-13-4-6-14(7-5-13)17-20-16(25-21-17)12-22-9-2-3-15(11-22)23-10-8-19-18(23)24/h4-7,15H,2-3,8-12H2,1H3,(H,19,24)/t15-/m0/s1. The minimum absolute atomic E-state index is 0.0614. The molecule has 2 fully saturated rings. The van der Waals surface area contributed by atoms with Crippen molar-refractivity contribution in [2.24, 2.45) is 0 Å². The van der Waals surface area contributed by atoms with E-state index in [1.54, 1.807) is 0 Å². The van der Waals surface area contributed by atoms with Gasteiger partial charge < -0.3 is 14.7 Å². The molecule has 132 valence electrons. The number of nitrogens with one attached hydrogen (secondary N) is 1. The Morgan fingerprint density at radius 2 is 2.12 bits per heavy atom. The lowest BCUT2D eigenvalue weighted by atomic mass is 10.0. The van der Waals surface area contributed by atoms with Gasteiger partial charge in [-0.15, -0.1) is 0 Å². The Kier molecular flexibility index (Phi) is 4.40.